The minimum Gasteiger partial charge on any atom is -0.294 e. The number of halogens is 1. The van der Waals surface area contributed by atoms with Crippen LogP contribution in [0.4, 0.5) is 0 Å². The van der Waals surface area contributed by atoms with Gasteiger partial charge in [0.05, 0.1) is 0 Å². The summed E-state index contributed by atoms with van der Waals surface area (Å²) in [6.45, 7) is 3.98. The first kappa shape index (κ1) is 14.1. The molecule has 1 saturated carbocycles. The third kappa shape index (κ3) is 3.61. The first-order valence-electron chi connectivity index (χ1n) is 6.53. The Bertz CT molecular complexity index is 444. The molecule has 98 valence electrons. The topological polar surface area (TPSA) is 17.1 Å². The molecule has 1 aromatic rings. The molecule has 0 aliphatic heterocycles. The van der Waals surface area contributed by atoms with Crippen molar-refractivity contribution in [1.82, 2.24) is 0 Å². The first-order chi connectivity index (χ1) is 8.56. The zero-order valence-electron chi connectivity index (χ0n) is 10.9. The van der Waals surface area contributed by atoms with Crippen molar-refractivity contribution in [1.29, 1.82) is 0 Å². The van der Waals surface area contributed by atoms with Gasteiger partial charge in [-0.3, -0.25) is 4.79 Å². The summed E-state index contributed by atoms with van der Waals surface area (Å²) < 4.78 is 1.05. The van der Waals surface area contributed by atoms with Crippen LogP contribution < -0.4 is 0 Å². The highest BCUT2D eigenvalue weighted by molar-refractivity contribution is 9.10. The van der Waals surface area contributed by atoms with E-state index in [0.29, 0.717) is 5.25 Å². The number of Topliss-reactive ketones (excluding diaryl/α,β-unsaturated/α-hetero) is 1. The van der Waals surface area contributed by atoms with Crippen molar-refractivity contribution in [3.05, 3.63) is 28.2 Å². The van der Waals surface area contributed by atoms with Gasteiger partial charge in [0, 0.05) is 20.2 Å². The van der Waals surface area contributed by atoms with Crippen LogP contribution in [0.3, 0.4) is 0 Å². The predicted octanol–water partition coefficient (Wildman–Crippen LogP) is 5.32. The van der Waals surface area contributed by atoms with E-state index in [-0.39, 0.29) is 5.78 Å². The molecule has 0 aromatic heterocycles. The molecule has 0 N–H and O–H groups in total. The van der Waals surface area contributed by atoms with E-state index in [2.05, 4.69) is 28.9 Å². The molecule has 0 spiro atoms. The Morgan fingerprint density at radius 3 is 2.83 bits per heavy atom. The number of benzene rings is 1. The second kappa shape index (κ2) is 6.25. The standard InChI is InChI=1S/C15H19BrOS/c1-10-4-3-5-13(8-10)18-15-9-12(16)6-7-14(15)11(2)17/h6-7,9-10,13H,3-5,8H2,1-2H3. The van der Waals surface area contributed by atoms with Crippen LogP contribution in [0.15, 0.2) is 27.6 Å². The number of carbonyl (C=O) groups is 1. The Hall–Kier alpha value is -0.280. The molecule has 0 radical (unpaired) electrons. The molecule has 1 aliphatic rings. The Morgan fingerprint density at radius 1 is 1.39 bits per heavy atom. The van der Waals surface area contributed by atoms with Crippen LogP contribution in [0, 0.1) is 5.92 Å². The average molecular weight is 327 g/mol. The van der Waals surface area contributed by atoms with Gasteiger partial charge in [0.15, 0.2) is 5.78 Å². The van der Waals surface area contributed by atoms with Crippen molar-refractivity contribution in [3.63, 3.8) is 0 Å². The predicted molar refractivity (Wildman–Crippen MR) is 81.4 cm³/mol. The van der Waals surface area contributed by atoms with Crippen LogP contribution in [-0.2, 0) is 0 Å². The van der Waals surface area contributed by atoms with Gasteiger partial charge in [-0.25, -0.2) is 0 Å². The smallest absolute Gasteiger partial charge is 0.160 e. The van der Waals surface area contributed by atoms with Crippen LogP contribution >= 0.6 is 27.7 Å². The zero-order valence-corrected chi connectivity index (χ0v) is 13.3. The molecule has 1 aromatic carbocycles. The Kier molecular flexibility index (Phi) is 4.91. The van der Waals surface area contributed by atoms with E-state index in [1.807, 2.05) is 23.9 Å². The highest BCUT2D eigenvalue weighted by Crippen LogP contribution is 2.38. The van der Waals surface area contributed by atoms with Crippen LogP contribution in [0.5, 0.6) is 0 Å². The van der Waals surface area contributed by atoms with Crippen molar-refractivity contribution in [2.75, 3.05) is 0 Å². The van der Waals surface area contributed by atoms with Gasteiger partial charge in [-0.05, 0) is 43.9 Å². The van der Waals surface area contributed by atoms with Gasteiger partial charge >= 0.3 is 0 Å². The van der Waals surface area contributed by atoms with Crippen LogP contribution in [0.1, 0.15) is 49.9 Å². The monoisotopic (exact) mass is 326 g/mol. The van der Waals surface area contributed by atoms with E-state index >= 15 is 0 Å². The molecule has 2 rings (SSSR count). The molecule has 1 fully saturated rings. The number of rotatable bonds is 3. The maximum Gasteiger partial charge on any atom is 0.160 e. The summed E-state index contributed by atoms with van der Waals surface area (Å²) in [6, 6.07) is 5.96. The van der Waals surface area contributed by atoms with Gasteiger partial charge in [0.1, 0.15) is 0 Å². The highest BCUT2D eigenvalue weighted by Gasteiger charge is 2.21. The third-order valence-electron chi connectivity index (χ3n) is 3.50. The lowest BCUT2D eigenvalue weighted by atomic mass is 9.91. The normalized spacial score (nSPS) is 23.9. The second-order valence-corrected chi connectivity index (χ2v) is 7.47. The van der Waals surface area contributed by atoms with Crippen molar-refractivity contribution < 1.29 is 4.79 Å². The maximum absolute atomic E-state index is 11.7. The molecule has 0 saturated heterocycles. The first-order valence-corrected chi connectivity index (χ1v) is 8.20. The minimum absolute atomic E-state index is 0.161. The quantitative estimate of drug-likeness (QED) is 0.699. The van der Waals surface area contributed by atoms with Crippen LogP contribution in [0.25, 0.3) is 0 Å². The van der Waals surface area contributed by atoms with E-state index in [0.717, 1.165) is 20.8 Å². The molecule has 1 aliphatic carbocycles. The molecule has 2 atom stereocenters. The second-order valence-electron chi connectivity index (χ2n) is 5.21. The number of carbonyl (C=O) groups excluding carboxylic acids is 1. The summed E-state index contributed by atoms with van der Waals surface area (Å²) in [4.78, 5) is 12.8. The number of hydrogen-bond acceptors (Lipinski definition) is 2. The Labute approximate surface area is 122 Å². The summed E-state index contributed by atoms with van der Waals surface area (Å²) in [6.07, 6.45) is 5.23. The highest BCUT2D eigenvalue weighted by atomic mass is 79.9. The summed E-state index contributed by atoms with van der Waals surface area (Å²) >= 11 is 5.38. The van der Waals surface area contributed by atoms with Gasteiger partial charge in [-0.2, -0.15) is 0 Å². The van der Waals surface area contributed by atoms with E-state index < -0.39 is 0 Å². The molecule has 18 heavy (non-hydrogen) atoms. The number of hydrogen-bond donors (Lipinski definition) is 0. The summed E-state index contributed by atoms with van der Waals surface area (Å²) in [7, 11) is 0. The largest absolute Gasteiger partial charge is 0.294 e. The molecule has 3 heteroatoms. The Balaban J connectivity index is 2.16. The molecular weight excluding hydrogens is 308 g/mol. The lowest BCUT2D eigenvalue weighted by molar-refractivity contribution is 0.101. The fourth-order valence-electron chi connectivity index (χ4n) is 2.55. The molecule has 0 amide bonds. The lowest BCUT2D eigenvalue weighted by Crippen LogP contribution is -2.15. The zero-order chi connectivity index (χ0) is 13.1. The van der Waals surface area contributed by atoms with Crippen molar-refractivity contribution >= 4 is 33.5 Å². The minimum atomic E-state index is 0.161. The Morgan fingerprint density at radius 2 is 2.17 bits per heavy atom. The third-order valence-corrected chi connectivity index (χ3v) is 5.35. The van der Waals surface area contributed by atoms with Gasteiger partial charge in [-0.1, -0.05) is 35.7 Å². The maximum atomic E-state index is 11.7. The summed E-state index contributed by atoms with van der Waals surface area (Å²) in [5, 5.41) is 0.668. The van der Waals surface area contributed by atoms with E-state index in [1.54, 1.807) is 6.92 Å². The van der Waals surface area contributed by atoms with Crippen molar-refractivity contribution in [2.45, 2.75) is 49.7 Å². The molecule has 0 heterocycles. The summed E-state index contributed by atoms with van der Waals surface area (Å²) in [5.41, 5.74) is 0.862. The van der Waals surface area contributed by atoms with Gasteiger partial charge in [0.25, 0.3) is 0 Å². The van der Waals surface area contributed by atoms with Gasteiger partial charge in [0.2, 0.25) is 0 Å². The van der Waals surface area contributed by atoms with Gasteiger partial charge in [-0.15, -0.1) is 11.8 Å². The fraction of sp³-hybridized carbons (Fsp3) is 0.533. The van der Waals surface area contributed by atoms with Crippen molar-refractivity contribution in [3.8, 4) is 0 Å². The average Bonchev–Trinajstić information content (AvgIpc) is 2.28. The molecule has 0 bridgehead atoms. The van der Waals surface area contributed by atoms with E-state index in [9.17, 15) is 4.79 Å². The molecule has 1 nitrogen and oxygen atoms in total. The lowest BCUT2D eigenvalue weighted by Gasteiger charge is -2.26. The van der Waals surface area contributed by atoms with Crippen LogP contribution in [-0.4, -0.2) is 11.0 Å². The number of thioether (sulfide) groups is 1. The molecule has 2 unspecified atom stereocenters. The van der Waals surface area contributed by atoms with Crippen LogP contribution in [0.2, 0.25) is 0 Å². The van der Waals surface area contributed by atoms with Gasteiger partial charge < -0.3 is 0 Å². The summed E-state index contributed by atoms with van der Waals surface area (Å²) in [5.74, 6) is 0.984. The fourth-order valence-corrected chi connectivity index (χ4v) is 4.66. The SMILES string of the molecule is CC(=O)c1ccc(Br)cc1SC1CCCC(C)C1. The van der Waals surface area contributed by atoms with E-state index in [1.165, 1.54) is 25.7 Å². The number of ketones is 1. The van der Waals surface area contributed by atoms with Crippen molar-refractivity contribution in [2.24, 2.45) is 5.92 Å². The van der Waals surface area contributed by atoms with E-state index in [4.69, 9.17) is 0 Å². The molecular formula is C15H19BrOS.